The highest BCUT2D eigenvalue weighted by Gasteiger charge is 2.21. The van der Waals surface area contributed by atoms with Crippen LogP contribution in [-0.2, 0) is 19.3 Å². The quantitative estimate of drug-likeness (QED) is 0.107. The molecule has 4 nitrogen and oxygen atoms in total. The van der Waals surface area contributed by atoms with Crippen LogP contribution in [0.3, 0.4) is 0 Å². The lowest BCUT2D eigenvalue weighted by Gasteiger charge is -2.05. The number of hydrogen-bond donors (Lipinski definition) is 0. The van der Waals surface area contributed by atoms with Gasteiger partial charge in [-0.25, -0.2) is 4.79 Å². The van der Waals surface area contributed by atoms with Gasteiger partial charge in [0.1, 0.15) is 5.76 Å². The molecule has 0 N–H and O–H groups in total. The number of esters is 1. The van der Waals surface area contributed by atoms with Crippen molar-refractivity contribution in [3.05, 3.63) is 173 Å². The maximum absolute atomic E-state index is 12.5. The van der Waals surface area contributed by atoms with Crippen LogP contribution in [0.1, 0.15) is 50.3 Å². The highest BCUT2D eigenvalue weighted by atomic mass is 17.2. The van der Waals surface area contributed by atoms with Gasteiger partial charge >= 0.3 is 5.97 Å². The summed E-state index contributed by atoms with van der Waals surface area (Å²) in [5.41, 5.74) is 6.67. The van der Waals surface area contributed by atoms with Crippen LogP contribution in [-0.4, -0.2) is 5.97 Å². The second-order valence-electron chi connectivity index (χ2n) is 9.48. The van der Waals surface area contributed by atoms with E-state index in [1.54, 1.807) is 6.08 Å². The molecule has 2 aromatic rings. The summed E-state index contributed by atoms with van der Waals surface area (Å²) >= 11 is 0. The lowest BCUT2D eigenvalue weighted by Crippen LogP contribution is -1.98. The summed E-state index contributed by atoms with van der Waals surface area (Å²) in [5.74, 6) is 1.58. The molecular weight excluding hydrogens is 520 g/mol. The van der Waals surface area contributed by atoms with Crippen molar-refractivity contribution in [2.75, 3.05) is 0 Å². The fourth-order valence-electron chi connectivity index (χ4n) is 4.31. The SMILES string of the molecule is C=CC/C=C\C=C(/C)C1=C/C(=C/C2=CC=C(c3ccc(/C=C4/C=C(c5ccccc5)OO4)cc3)CC=C2)C(=O)O1.CC. The van der Waals surface area contributed by atoms with Crippen molar-refractivity contribution in [3.63, 3.8) is 0 Å². The van der Waals surface area contributed by atoms with Crippen LogP contribution in [0.15, 0.2) is 156 Å². The van der Waals surface area contributed by atoms with Crippen LogP contribution in [0, 0.1) is 0 Å². The van der Waals surface area contributed by atoms with Gasteiger partial charge in [0.05, 0.1) is 5.57 Å². The molecule has 42 heavy (non-hydrogen) atoms. The smallest absolute Gasteiger partial charge is 0.343 e. The molecule has 0 atom stereocenters. The molecule has 0 fully saturated rings. The maximum atomic E-state index is 12.5. The molecule has 0 saturated heterocycles. The topological polar surface area (TPSA) is 44.8 Å². The number of benzene rings is 2. The van der Waals surface area contributed by atoms with Crippen LogP contribution in [0.25, 0.3) is 17.4 Å². The van der Waals surface area contributed by atoms with E-state index in [1.165, 1.54) is 5.57 Å². The monoisotopic (exact) mass is 556 g/mol. The van der Waals surface area contributed by atoms with Gasteiger partial charge in [0.15, 0.2) is 11.5 Å². The summed E-state index contributed by atoms with van der Waals surface area (Å²) in [6, 6.07) is 18.2. The van der Waals surface area contributed by atoms with E-state index in [1.807, 2.05) is 106 Å². The average Bonchev–Trinajstić information content (AvgIpc) is 3.57. The Morgan fingerprint density at radius 3 is 2.48 bits per heavy atom. The Labute approximate surface area is 249 Å². The minimum Gasteiger partial charge on any atom is -0.423 e. The summed E-state index contributed by atoms with van der Waals surface area (Å²) in [6.07, 6.45) is 25.0. The Morgan fingerprint density at radius 1 is 0.929 bits per heavy atom. The molecule has 1 aliphatic carbocycles. The normalized spacial score (nSPS) is 18.3. The Balaban J connectivity index is 0.00000198. The molecule has 0 unspecified atom stereocenters. The summed E-state index contributed by atoms with van der Waals surface area (Å²) in [7, 11) is 0. The summed E-state index contributed by atoms with van der Waals surface area (Å²) in [4.78, 5) is 23.2. The van der Waals surface area contributed by atoms with E-state index >= 15 is 0 Å². The summed E-state index contributed by atoms with van der Waals surface area (Å²) < 4.78 is 5.48. The molecule has 2 aliphatic heterocycles. The number of allylic oxidation sites excluding steroid dienone is 13. The number of carbonyl (C=O) groups excluding carboxylic acids is 1. The molecular formula is C38H36O4. The third kappa shape index (κ3) is 7.98. The van der Waals surface area contributed by atoms with Crippen molar-refractivity contribution in [1.29, 1.82) is 0 Å². The third-order valence-electron chi connectivity index (χ3n) is 6.50. The van der Waals surface area contributed by atoms with Crippen LogP contribution in [0.4, 0.5) is 0 Å². The lowest BCUT2D eigenvalue weighted by molar-refractivity contribution is -0.177. The Kier molecular flexibility index (Phi) is 10.7. The summed E-state index contributed by atoms with van der Waals surface area (Å²) in [6.45, 7) is 9.63. The van der Waals surface area contributed by atoms with Crippen molar-refractivity contribution in [2.45, 2.75) is 33.6 Å². The molecule has 0 saturated carbocycles. The second-order valence-corrected chi connectivity index (χ2v) is 9.48. The fourth-order valence-corrected chi connectivity index (χ4v) is 4.31. The van der Waals surface area contributed by atoms with E-state index in [4.69, 9.17) is 14.5 Å². The largest absolute Gasteiger partial charge is 0.423 e. The number of ether oxygens (including phenoxy) is 1. The minimum atomic E-state index is -0.340. The Bertz CT molecular complexity index is 1570. The van der Waals surface area contributed by atoms with E-state index in [0.29, 0.717) is 22.9 Å². The van der Waals surface area contributed by atoms with E-state index in [-0.39, 0.29) is 5.97 Å². The maximum Gasteiger partial charge on any atom is 0.343 e. The first-order valence-electron chi connectivity index (χ1n) is 14.2. The Hall–Kier alpha value is -5.09. The lowest BCUT2D eigenvalue weighted by atomic mass is 10.0. The first-order valence-corrected chi connectivity index (χ1v) is 14.2. The molecule has 212 valence electrons. The van der Waals surface area contributed by atoms with Crippen molar-refractivity contribution in [1.82, 2.24) is 0 Å². The zero-order valence-electron chi connectivity index (χ0n) is 24.4. The molecule has 2 aromatic carbocycles. The van der Waals surface area contributed by atoms with Crippen LogP contribution < -0.4 is 0 Å². The highest BCUT2D eigenvalue weighted by molar-refractivity contribution is 5.96. The fraction of sp³-hybridized carbons (Fsp3) is 0.132. The van der Waals surface area contributed by atoms with Crippen LogP contribution >= 0.6 is 0 Å². The van der Waals surface area contributed by atoms with Crippen molar-refractivity contribution < 1.29 is 19.3 Å². The summed E-state index contributed by atoms with van der Waals surface area (Å²) in [5, 5.41) is 0. The van der Waals surface area contributed by atoms with Crippen LogP contribution in [0.2, 0.25) is 0 Å². The van der Waals surface area contributed by atoms with Crippen molar-refractivity contribution in [3.8, 4) is 0 Å². The molecule has 2 heterocycles. The Morgan fingerprint density at radius 2 is 1.71 bits per heavy atom. The first kappa shape index (κ1) is 29.9. The average molecular weight is 557 g/mol. The minimum absolute atomic E-state index is 0.340. The van der Waals surface area contributed by atoms with Gasteiger partial charge in [-0.3, -0.25) is 9.78 Å². The highest BCUT2D eigenvalue weighted by Crippen LogP contribution is 2.29. The van der Waals surface area contributed by atoms with Crippen LogP contribution in [0.5, 0.6) is 0 Å². The number of carbonyl (C=O) groups is 1. The van der Waals surface area contributed by atoms with Gasteiger partial charge in [-0.1, -0.05) is 117 Å². The van der Waals surface area contributed by atoms with Gasteiger partial charge in [-0.15, -0.1) is 6.58 Å². The molecule has 4 heteroatoms. The predicted octanol–water partition coefficient (Wildman–Crippen LogP) is 9.77. The molecule has 0 aromatic heterocycles. The molecule has 0 spiro atoms. The van der Waals surface area contributed by atoms with E-state index in [9.17, 15) is 4.79 Å². The predicted molar refractivity (Wildman–Crippen MR) is 172 cm³/mol. The first-order chi connectivity index (χ1) is 20.6. The van der Waals surface area contributed by atoms with Gasteiger partial charge in [-0.2, -0.15) is 0 Å². The molecule has 0 bridgehead atoms. The zero-order valence-corrected chi connectivity index (χ0v) is 24.4. The molecule has 0 amide bonds. The van der Waals surface area contributed by atoms with Gasteiger partial charge in [-0.05, 0) is 65.8 Å². The molecule has 5 rings (SSSR count). The van der Waals surface area contributed by atoms with E-state index in [2.05, 4.69) is 43.0 Å². The zero-order chi connectivity index (χ0) is 29.7. The number of hydrogen-bond acceptors (Lipinski definition) is 4. The van der Waals surface area contributed by atoms with Gasteiger partial charge in [0, 0.05) is 11.6 Å². The van der Waals surface area contributed by atoms with E-state index < -0.39 is 0 Å². The van der Waals surface area contributed by atoms with Gasteiger partial charge in [0.25, 0.3) is 0 Å². The second kappa shape index (κ2) is 15.1. The number of rotatable bonds is 8. The molecule has 3 aliphatic rings. The van der Waals surface area contributed by atoms with Gasteiger partial charge < -0.3 is 4.74 Å². The van der Waals surface area contributed by atoms with Crippen molar-refractivity contribution >= 4 is 23.4 Å². The van der Waals surface area contributed by atoms with E-state index in [0.717, 1.165) is 40.7 Å². The standard InChI is InChI=1S/C36H30O4.C2H6/c1-3-4-5-7-11-26(2)34-24-32(36(37)38-34)22-27-12-10-15-29(19-16-27)30-20-17-28(18-21-30)23-33-25-35(40-39-33)31-13-8-6-9-14-31;1-2/h3,5-14,16-25H,1,4,15H2,2H3;1-2H3/b7-5-,26-11+,32-22-,33-23-;. The number of cyclic esters (lactones) is 1. The van der Waals surface area contributed by atoms with Crippen molar-refractivity contribution in [2.24, 2.45) is 0 Å². The van der Waals surface area contributed by atoms with Gasteiger partial charge in [0.2, 0.25) is 0 Å². The third-order valence-corrected chi connectivity index (χ3v) is 6.50. The molecule has 0 radical (unpaired) electrons.